The fraction of sp³-hybridized carbons (Fsp3) is 1.00. The molecule has 0 aromatic carbocycles. The molecule has 0 aromatic heterocycles. The van der Waals surface area contributed by atoms with Gasteiger partial charge >= 0.3 is 0 Å². The van der Waals surface area contributed by atoms with Crippen LogP contribution in [0, 0.1) is 10.8 Å². The number of hydrogen-bond acceptors (Lipinski definition) is 0. The van der Waals surface area contributed by atoms with E-state index in [-0.39, 0.29) is 24.8 Å². The lowest BCUT2D eigenvalue weighted by Crippen LogP contribution is -3.00. The molecule has 0 amide bonds. The van der Waals surface area contributed by atoms with Gasteiger partial charge in [0.25, 0.3) is 0 Å². The van der Waals surface area contributed by atoms with Gasteiger partial charge in [0.1, 0.15) is 0 Å². The van der Waals surface area contributed by atoms with Gasteiger partial charge in [-0.25, -0.2) is 0 Å². The van der Waals surface area contributed by atoms with Crippen molar-refractivity contribution in [3.8, 4) is 0 Å². The molecule has 2 saturated heterocycles. The largest absolute Gasteiger partial charge is 1.00 e. The molecule has 36 heavy (non-hydrogen) atoms. The van der Waals surface area contributed by atoms with Crippen molar-refractivity contribution < 1.29 is 35.4 Å². The maximum absolute atomic E-state index is 2.73. The number of halogens is 2. The standard InChI is InChI=1S/2C16H29N.2ClH/c2*1-2-7-15(8-3-1)9-6-11-16(13-12-15)10-4-5-14-17-16;;/h2*17H,1-14H2;2*1H. The Balaban J connectivity index is 0.000000190. The molecule has 4 heteroatoms. The lowest BCUT2D eigenvalue weighted by Gasteiger charge is -2.38. The van der Waals surface area contributed by atoms with E-state index in [0.29, 0.717) is 11.1 Å². The molecule has 2 nitrogen and oxygen atoms in total. The molecule has 2 heterocycles. The Morgan fingerprint density at radius 3 is 0.972 bits per heavy atom. The molecule has 4 saturated carbocycles. The Morgan fingerprint density at radius 2 is 0.611 bits per heavy atom. The number of hydrogen-bond donors (Lipinski definition) is 2. The number of nitrogens with two attached hydrogens (primary N) is 2. The van der Waals surface area contributed by atoms with Crippen molar-refractivity contribution >= 4 is 0 Å². The molecule has 0 aromatic rings. The molecule has 0 radical (unpaired) electrons. The average molecular weight is 544 g/mol. The van der Waals surface area contributed by atoms with Crippen LogP contribution in [0.3, 0.4) is 0 Å². The van der Waals surface area contributed by atoms with Crippen LogP contribution in [0.5, 0.6) is 0 Å². The molecular formula is C32H60Cl2N2. The van der Waals surface area contributed by atoms with Crippen LogP contribution in [0.25, 0.3) is 0 Å². The maximum Gasteiger partial charge on any atom is 0.0961 e. The molecule has 6 rings (SSSR count). The minimum absolute atomic E-state index is 0. The summed E-state index contributed by atoms with van der Waals surface area (Å²) in [4.78, 5) is 0. The van der Waals surface area contributed by atoms with Crippen LogP contribution in [-0.2, 0) is 0 Å². The second-order valence-electron chi connectivity index (χ2n) is 14.5. The monoisotopic (exact) mass is 542 g/mol. The Morgan fingerprint density at radius 1 is 0.278 bits per heavy atom. The first-order valence-electron chi connectivity index (χ1n) is 16.3. The highest BCUT2D eigenvalue weighted by Crippen LogP contribution is 2.49. The van der Waals surface area contributed by atoms with Gasteiger partial charge in [0.2, 0.25) is 0 Å². The quantitative estimate of drug-likeness (QED) is 0.453. The van der Waals surface area contributed by atoms with E-state index in [2.05, 4.69) is 10.6 Å². The lowest BCUT2D eigenvalue weighted by molar-refractivity contribution is -0.738. The third kappa shape index (κ3) is 7.79. The van der Waals surface area contributed by atoms with Crippen LogP contribution in [0.4, 0.5) is 0 Å². The van der Waals surface area contributed by atoms with Gasteiger partial charge in [0, 0.05) is 38.5 Å². The first-order chi connectivity index (χ1) is 16.7. The van der Waals surface area contributed by atoms with E-state index in [0.717, 1.165) is 10.8 Å². The highest BCUT2D eigenvalue weighted by molar-refractivity contribution is 4.93. The summed E-state index contributed by atoms with van der Waals surface area (Å²) < 4.78 is 0. The van der Waals surface area contributed by atoms with Crippen molar-refractivity contribution in [2.45, 2.75) is 178 Å². The van der Waals surface area contributed by atoms with Crippen molar-refractivity contribution in [1.82, 2.24) is 0 Å². The lowest BCUT2D eigenvalue weighted by atomic mass is 9.69. The Labute approximate surface area is 236 Å². The summed E-state index contributed by atoms with van der Waals surface area (Å²) in [5.74, 6) is 0. The van der Waals surface area contributed by atoms with E-state index in [9.17, 15) is 0 Å². The van der Waals surface area contributed by atoms with Crippen LogP contribution >= 0.6 is 0 Å². The van der Waals surface area contributed by atoms with E-state index in [1.165, 1.54) is 129 Å². The van der Waals surface area contributed by atoms with Gasteiger partial charge in [-0.1, -0.05) is 38.5 Å². The molecule has 4 aliphatic carbocycles. The first-order valence-corrected chi connectivity index (χ1v) is 16.3. The average Bonchev–Trinajstić information content (AvgIpc) is 3.15. The molecule has 212 valence electrons. The van der Waals surface area contributed by atoms with Crippen molar-refractivity contribution in [3.05, 3.63) is 0 Å². The fourth-order valence-electron chi connectivity index (χ4n) is 9.93. The van der Waals surface area contributed by atoms with Gasteiger partial charge in [0.15, 0.2) is 0 Å². The number of piperidine rings is 2. The van der Waals surface area contributed by atoms with Gasteiger partial charge in [-0.3, -0.25) is 0 Å². The summed E-state index contributed by atoms with van der Waals surface area (Å²) in [5, 5.41) is 5.47. The molecule has 6 fully saturated rings. The molecular weight excluding hydrogens is 483 g/mol. The Hall–Kier alpha value is 0.500. The summed E-state index contributed by atoms with van der Waals surface area (Å²) in [7, 11) is 0. The highest BCUT2D eigenvalue weighted by Gasteiger charge is 2.44. The first kappa shape index (κ1) is 31.0. The second kappa shape index (κ2) is 14.2. The highest BCUT2D eigenvalue weighted by atomic mass is 35.5. The maximum atomic E-state index is 2.73. The van der Waals surface area contributed by atoms with Gasteiger partial charge in [-0.15, -0.1) is 0 Å². The van der Waals surface area contributed by atoms with Crippen LogP contribution in [0.1, 0.15) is 167 Å². The zero-order chi connectivity index (χ0) is 23.2. The number of rotatable bonds is 0. The SMILES string of the molecule is C1CCC2(CC1)CCCC1(CCCC[NH2+]1)CC2.C1CCC2(CC1)CCCC1(CCCC[NH2+]1)CC2.[Cl-].[Cl-]. The predicted molar refractivity (Wildman–Crippen MR) is 144 cm³/mol. The van der Waals surface area contributed by atoms with Gasteiger partial charge in [-0.2, -0.15) is 0 Å². The minimum Gasteiger partial charge on any atom is -1.00 e. The van der Waals surface area contributed by atoms with E-state index in [4.69, 9.17) is 0 Å². The van der Waals surface area contributed by atoms with Gasteiger partial charge in [-0.05, 0) is 101 Å². The third-order valence-corrected chi connectivity index (χ3v) is 12.3. The summed E-state index contributed by atoms with van der Waals surface area (Å²) in [6.45, 7) is 2.82. The smallest absolute Gasteiger partial charge is 0.0961 e. The van der Waals surface area contributed by atoms with Crippen molar-refractivity contribution in [2.75, 3.05) is 13.1 Å². The van der Waals surface area contributed by atoms with E-state index in [1.54, 1.807) is 51.4 Å². The predicted octanol–water partition coefficient (Wildman–Crippen LogP) is 0.782. The van der Waals surface area contributed by atoms with Crippen LogP contribution < -0.4 is 35.4 Å². The summed E-state index contributed by atoms with van der Waals surface area (Å²) in [6.07, 6.45) is 39.7. The minimum atomic E-state index is 0. The normalized spacial score (nSPS) is 36.0. The van der Waals surface area contributed by atoms with E-state index in [1.807, 2.05) is 0 Å². The Bertz CT molecular complexity index is 506. The van der Waals surface area contributed by atoms with Crippen LogP contribution in [0.15, 0.2) is 0 Å². The van der Waals surface area contributed by atoms with E-state index >= 15 is 0 Å². The molecule has 0 bridgehead atoms. The zero-order valence-electron chi connectivity index (χ0n) is 23.7. The van der Waals surface area contributed by atoms with Gasteiger partial charge < -0.3 is 35.4 Å². The van der Waals surface area contributed by atoms with Crippen molar-refractivity contribution in [1.29, 1.82) is 0 Å². The molecule has 4 spiro atoms. The molecule has 2 aliphatic heterocycles. The zero-order valence-corrected chi connectivity index (χ0v) is 25.2. The third-order valence-electron chi connectivity index (χ3n) is 12.3. The fourth-order valence-corrected chi connectivity index (χ4v) is 9.93. The Kier molecular flexibility index (Phi) is 12.3. The molecule has 2 unspecified atom stereocenters. The van der Waals surface area contributed by atoms with E-state index < -0.39 is 0 Å². The van der Waals surface area contributed by atoms with Gasteiger partial charge in [0.05, 0.1) is 24.2 Å². The van der Waals surface area contributed by atoms with Crippen LogP contribution in [-0.4, -0.2) is 24.2 Å². The topological polar surface area (TPSA) is 33.2 Å². The van der Waals surface area contributed by atoms with Crippen LogP contribution in [0.2, 0.25) is 0 Å². The number of quaternary nitrogens is 2. The summed E-state index contributed by atoms with van der Waals surface area (Å²) in [5.41, 5.74) is 2.98. The molecule has 4 N–H and O–H groups in total. The van der Waals surface area contributed by atoms with Crippen molar-refractivity contribution in [2.24, 2.45) is 10.8 Å². The molecule has 2 atom stereocenters. The summed E-state index contributed by atoms with van der Waals surface area (Å²) in [6, 6.07) is 0. The second-order valence-corrected chi connectivity index (χ2v) is 14.5. The summed E-state index contributed by atoms with van der Waals surface area (Å²) >= 11 is 0. The molecule has 6 aliphatic rings. The van der Waals surface area contributed by atoms with Crippen molar-refractivity contribution in [3.63, 3.8) is 0 Å².